The summed E-state index contributed by atoms with van der Waals surface area (Å²) in [5.41, 5.74) is 2.30. The molecular formula is C19H15ClN4OS2. The molecule has 0 bridgehead atoms. The number of rotatable bonds is 4. The minimum Gasteiger partial charge on any atom is -0.325 e. The SMILES string of the molecule is C[C@H](Sc1ncnc2sc3c(c12)CCC3)C(=O)Nc1ccc(C#N)c(Cl)c1. The average molecular weight is 415 g/mol. The minimum atomic E-state index is -0.338. The molecule has 0 fully saturated rings. The number of aryl methyl sites for hydroxylation is 2. The number of amides is 1. The van der Waals surface area contributed by atoms with Gasteiger partial charge in [0.25, 0.3) is 0 Å². The molecule has 0 aliphatic heterocycles. The molecule has 4 rings (SSSR count). The first-order valence-corrected chi connectivity index (χ1v) is 10.6. The normalized spacial score (nSPS) is 14.0. The summed E-state index contributed by atoms with van der Waals surface area (Å²) in [5, 5.41) is 13.8. The minimum absolute atomic E-state index is 0.139. The maximum absolute atomic E-state index is 12.6. The molecule has 8 heteroatoms. The van der Waals surface area contributed by atoms with Crippen LogP contribution in [-0.4, -0.2) is 21.1 Å². The predicted molar refractivity (Wildman–Crippen MR) is 110 cm³/mol. The van der Waals surface area contributed by atoms with Crippen molar-refractivity contribution < 1.29 is 4.79 Å². The van der Waals surface area contributed by atoms with Crippen LogP contribution < -0.4 is 5.32 Å². The fourth-order valence-electron chi connectivity index (χ4n) is 3.14. The van der Waals surface area contributed by atoms with E-state index in [0.717, 1.165) is 28.1 Å². The third kappa shape index (κ3) is 3.53. The number of aromatic nitrogens is 2. The van der Waals surface area contributed by atoms with Gasteiger partial charge in [-0.1, -0.05) is 23.4 Å². The van der Waals surface area contributed by atoms with Gasteiger partial charge in [-0.25, -0.2) is 9.97 Å². The molecule has 2 aromatic heterocycles. The van der Waals surface area contributed by atoms with Crippen LogP contribution in [0.2, 0.25) is 5.02 Å². The average Bonchev–Trinajstić information content (AvgIpc) is 3.23. The molecule has 2 heterocycles. The van der Waals surface area contributed by atoms with E-state index in [0.29, 0.717) is 16.3 Å². The quantitative estimate of drug-likeness (QED) is 0.488. The number of halogens is 1. The number of hydrogen-bond donors (Lipinski definition) is 1. The third-order valence-electron chi connectivity index (χ3n) is 4.48. The van der Waals surface area contributed by atoms with E-state index >= 15 is 0 Å². The Morgan fingerprint density at radius 2 is 2.26 bits per heavy atom. The number of anilines is 1. The zero-order valence-corrected chi connectivity index (χ0v) is 16.8. The topological polar surface area (TPSA) is 78.7 Å². The highest BCUT2D eigenvalue weighted by molar-refractivity contribution is 8.00. The van der Waals surface area contributed by atoms with Gasteiger partial charge in [0.15, 0.2) is 0 Å². The molecule has 1 N–H and O–H groups in total. The van der Waals surface area contributed by atoms with Crippen LogP contribution >= 0.6 is 34.7 Å². The third-order valence-corrected chi connectivity index (χ3v) is 7.09. The molecule has 1 amide bonds. The van der Waals surface area contributed by atoms with Crippen molar-refractivity contribution in [3.8, 4) is 6.07 Å². The lowest BCUT2D eigenvalue weighted by Crippen LogP contribution is -2.22. The second kappa shape index (κ2) is 7.47. The maximum Gasteiger partial charge on any atom is 0.237 e. The Morgan fingerprint density at radius 1 is 1.41 bits per heavy atom. The second-order valence-corrected chi connectivity index (χ2v) is 9.09. The maximum atomic E-state index is 12.6. The summed E-state index contributed by atoms with van der Waals surface area (Å²) in [7, 11) is 0. The number of thiophene rings is 1. The van der Waals surface area contributed by atoms with E-state index in [1.807, 2.05) is 13.0 Å². The highest BCUT2D eigenvalue weighted by Gasteiger charge is 2.24. The summed E-state index contributed by atoms with van der Waals surface area (Å²) in [6.45, 7) is 1.85. The highest BCUT2D eigenvalue weighted by atomic mass is 35.5. The van der Waals surface area contributed by atoms with Crippen molar-refractivity contribution in [2.75, 3.05) is 5.32 Å². The number of nitrogens with zero attached hydrogens (tertiary/aromatic N) is 3. The summed E-state index contributed by atoms with van der Waals surface area (Å²) in [6.07, 6.45) is 4.91. The van der Waals surface area contributed by atoms with Crippen molar-refractivity contribution in [3.05, 3.63) is 45.6 Å². The molecule has 0 unspecified atom stereocenters. The first kappa shape index (κ1) is 18.2. The van der Waals surface area contributed by atoms with Crippen molar-refractivity contribution in [2.24, 2.45) is 0 Å². The highest BCUT2D eigenvalue weighted by Crippen LogP contribution is 2.40. The van der Waals surface area contributed by atoms with E-state index in [4.69, 9.17) is 16.9 Å². The predicted octanol–water partition coefficient (Wildman–Crippen LogP) is 4.82. The molecule has 0 saturated carbocycles. The van der Waals surface area contributed by atoms with Gasteiger partial charge in [-0.2, -0.15) is 5.26 Å². The van der Waals surface area contributed by atoms with Crippen LogP contribution in [-0.2, 0) is 17.6 Å². The number of carbonyl (C=O) groups excluding carboxylic acids is 1. The van der Waals surface area contributed by atoms with Gasteiger partial charge >= 0.3 is 0 Å². The second-order valence-electron chi connectivity index (χ2n) is 6.27. The van der Waals surface area contributed by atoms with Gasteiger partial charge in [-0.15, -0.1) is 11.3 Å². The van der Waals surface area contributed by atoms with Crippen LogP contribution in [0.3, 0.4) is 0 Å². The molecule has 136 valence electrons. The van der Waals surface area contributed by atoms with Gasteiger partial charge in [0.05, 0.1) is 15.8 Å². The Hall–Kier alpha value is -2.14. The Morgan fingerprint density at radius 3 is 3.04 bits per heavy atom. The van der Waals surface area contributed by atoms with Gasteiger partial charge in [-0.05, 0) is 49.9 Å². The molecule has 1 aromatic carbocycles. The fraction of sp³-hybridized carbons (Fsp3) is 0.263. The van der Waals surface area contributed by atoms with Crippen molar-refractivity contribution >= 4 is 56.5 Å². The van der Waals surface area contributed by atoms with Crippen molar-refractivity contribution in [1.29, 1.82) is 5.26 Å². The molecule has 0 spiro atoms. The molecule has 1 aliphatic rings. The first-order valence-electron chi connectivity index (χ1n) is 8.49. The van der Waals surface area contributed by atoms with Gasteiger partial charge < -0.3 is 5.32 Å². The molecule has 3 aromatic rings. The van der Waals surface area contributed by atoms with Crippen LogP contribution in [0.4, 0.5) is 5.69 Å². The number of hydrogen-bond acceptors (Lipinski definition) is 6. The number of thioether (sulfide) groups is 1. The molecule has 0 radical (unpaired) electrons. The summed E-state index contributed by atoms with van der Waals surface area (Å²) in [6, 6.07) is 6.86. The first-order chi connectivity index (χ1) is 13.1. The molecule has 27 heavy (non-hydrogen) atoms. The van der Waals surface area contributed by atoms with Gasteiger partial charge in [0.1, 0.15) is 22.3 Å². The van der Waals surface area contributed by atoms with Crippen LogP contribution in [0.5, 0.6) is 0 Å². The Kier molecular flexibility index (Phi) is 5.04. The Bertz CT molecular complexity index is 1090. The zero-order chi connectivity index (χ0) is 19.0. The van der Waals surface area contributed by atoms with E-state index in [-0.39, 0.29) is 11.2 Å². The van der Waals surface area contributed by atoms with E-state index in [1.165, 1.54) is 28.6 Å². The van der Waals surface area contributed by atoms with Gasteiger partial charge in [-0.3, -0.25) is 4.79 Å². The Balaban J connectivity index is 1.53. The molecule has 0 saturated heterocycles. The molecule has 1 aliphatic carbocycles. The lowest BCUT2D eigenvalue weighted by Gasteiger charge is -2.13. The number of fused-ring (bicyclic) bond motifs is 3. The van der Waals surface area contributed by atoms with Crippen molar-refractivity contribution in [3.63, 3.8) is 0 Å². The number of nitrogens with one attached hydrogen (secondary N) is 1. The lowest BCUT2D eigenvalue weighted by atomic mass is 10.2. The van der Waals surface area contributed by atoms with Gasteiger partial charge in [0, 0.05) is 16.0 Å². The monoisotopic (exact) mass is 414 g/mol. The van der Waals surface area contributed by atoms with Crippen molar-refractivity contribution in [1.82, 2.24) is 9.97 Å². The molecular weight excluding hydrogens is 400 g/mol. The van der Waals surface area contributed by atoms with Crippen LogP contribution in [0, 0.1) is 11.3 Å². The Labute approximate surface area is 169 Å². The summed E-state index contributed by atoms with van der Waals surface area (Å²) < 4.78 is 0. The van der Waals surface area contributed by atoms with Crippen LogP contribution in [0.1, 0.15) is 29.3 Å². The smallest absolute Gasteiger partial charge is 0.237 e. The van der Waals surface area contributed by atoms with Crippen LogP contribution in [0.25, 0.3) is 10.2 Å². The molecule has 5 nitrogen and oxygen atoms in total. The van der Waals surface area contributed by atoms with Gasteiger partial charge in [0.2, 0.25) is 5.91 Å². The van der Waals surface area contributed by atoms with Crippen LogP contribution in [0.15, 0.2) is 29.6 Å². The number of carbonyl (C=O) groups is 1. The fourth-order valence-corrected chi connectivity index (χ4v) is 5.60. The van der Waals surface area contributed by atoms with E-state index in [2.05, 4.69) is 15.3 Å². The number of nitriles is 1. The van der Waals surface area contributed by atoms with Crippen molar-refractivity contribution in [2.45, 2.75) is 36.5 Å². The van der Waals surface area contributed by atoms with E-state index < -0.39 is 0 Å². The summed E-state index contributed by atoms with van der Waals surface area (Å²) in [4.78, 5) is 23.9. The van der Waals surface area contributed by atoms with E-state index in [1.54, 1.807) is 35.9 Å². The zero-order valence-electron chi connectivity index (χ0n) is 14.5. The number of benzene rings is 1. The lowest BCUT2D eigenvalue weighted by molar-refractivity contribution is -0.115. The molecule has 1 atom stereocenters. The standard InChI is InChI=1S/C19H15ClN4OS2/c1-10(17(25)24-12-6-5-11(8-21)14(20)7-12)26-18-16-13-3-2-4-15(13)27-19(16)23-9-22-18/h5-7,9-10H,2-4H2,1H3,(H,24,25)/t10-/m0/s1. The largest absolute Gasteiger partial charge is 0.325 e. The summed E-state index contributed by atoms with van der Waals surface area (Å²) >= 11 is 9.21. The van der Waals surface area contributed by atoms with E-state index in [9.17, 15) is 4.79 Å². The summed E-state index contributed by atoms with van der Waals surface area (Å²) in [5.74, 6) is -0.139.